The lowest BCUT2D eigenvalue weighted by atomic mass is 10.2. The summed E-state index contributed by atoms with van der Waals surface area (Å²) in [6, 6.07) is 11.2. The second-order valence-corrected chi connectivity index (χ2v) is 5.70. The maximum atomic E-state index is 12.1. The number of halogens is 1. The fourth-order valence-electron chi connectivity index (χ4n) is 1.95. The molecule has 0 saturated carbocycles. The van der Waals surface area contributed by atoms with E-state index in [1.54, 1.807) is 6.26 Å². The van der Waals surface area contributed by atoms with Gasteiger partial charge in [-0.25, -0.2) is 0 Å². The third kappa shape index (κ3) is 3.95. The number of quaternary nitrogens is 1. The molecule has 0 spiro atoms. The molecule has 0 aliphatic heterocycles. The van der Waals surface area contributed by atoms with Gasteiger partial charge >= 0.3 is 0 Å². The third-order valence-electron chi connectivity index (χ3n) is 3.09. The fraction of sp³-hybridized carbons (Fsp3) is 0.267. The van der Waals surface area contributed by atoms with E-state index < -0.39 is 0 Å². The van der Waals surface area contributed by atoms with Crippen molar-refractivity contribution < 1.29 is 14.5 Å². The van der Waals surface area contributed by atoms with Gasteiger partial charge < -0.3 is 15.1 Å². The quantitative estimate of drug-likeness (QED) is 0.881. The van der Waals surface area contributed by atoms with Crippen LogP contribution in [0.15, 0.2) is 51.6 Å². The SMILES string of the molecule is C[C@H]([NH2+][C@@H](C)c1ccco1)C(=O)Nc1ccc(Br)cc1. The van der Waals surface area contributed by atoms with Crippen molar-refractivity contribution in [1.82, 2.24) is 0 Å². The van der Waals surface area contributed by atoms with Crippen molar-refractivity contribution in [3.8, 4) is 0 Å². The van der Waals surface area contributed by atoms with Crippen molar-refractivity contribution >= 4 is 27.5 Å². The Balaban J connectivity index is 1.90. The minimum atomic E-state index is -0.196. The highest BCUT2D eigenvalue weighted by atomic mass is 79.9. The molecule has 1 amide bonds. The van der Waals surface area contributed by atoms with E-state index in [0.29, 0.717) is 0 Å². The Hall–Kier alpha value is -1.59. The average Bonchev–Trinajstić information content (AvgIpc) is 2.95. The van der Waals surface area contributed by atoms with Crippen LogP contribution in [0.4, 0.5) is 5.69 Å². The van der Waals surface area contributed by atoms with Gasteiger partial charge in [-0.15, -0.1) is 0 Å². The lowest BCUT2D eigenvalue weighted by Gasteiger charge is -2.15. The molecule has 0 saturated heterocycles. The summed E-state index contributed by atoms with van der Waals surface area (Å²) in [5, 5.41) is 4.88. The van der Waals surface area contributed by atoms with Gasteiger partial charge in [0.1, 0.15) is 6.04 Å². The molecule has 0 bridgehead atoms. The molecule has 0 aliphatic carbocycles. The van der Waals surface area contributed by atoms with Crippen LogP contribution < -0.4 is 10.6 Å². The molecule has 0 radical (unpaired) electrons. The Kier molecular flexibility index (Phi) is 4.98. The topological polar surface area (TPSA) is 58.9 Å². The van der Waals surface area contributed by atoms with Gasteiger partial charge in [0.15, 0.2) is 11.8 Å². The van der Waals surface area contributed by atoms with E-state index >= 15 is 0 Å². The summed E-state index contributed by atoms with van der Waals surface area (Å²) in [4.78, 5) is 12.1. The highest BCUT2D eigenvalue weighted by molar-refractivity contribution is 9.10. The number of carbonyl (C=O) groups excluding carboxylic acids is 1. The van der Waals surface area contributed by atoms with E-state index in [4.69, 9.17) is 4.42 Å². The molecular weight excluding hydrogens is 320 g/mol. The van der Waals surface area contributed by atoms with Crippen molar-refractivity contribution in [3.05, 3.63) is 52.9 Å². The number of amides is 1. The minimum absolute atomic E-state index is 0.0225. The Morgan fingerprint density at radius 2 is 1.95 bits per heavy atom. The van der Waals surface area contributed by atoms with E-state index in [1.165, 1.54) is 0 Å². The van der Waals surface area contributed by atoms with Gasteiger partial charge in [-0.05, 0) is 50.2 Å². The summed E-state index contributed by atoms with van der Waals surface area (Å²) >= 11 is 3.37. The number of furan rings is 1. The van der Waals surface area contributed by atoms with Crippen LogP contribution in [-0.4, -0.2) is 11.9 Å². The van der Waals surface area contributed by atoms with Crippen molar-refractivity contribution in [1.29, 1.82) is 0 Å². The third-order valence-corrected chi connectivity index (χ3v) is 3.62. The Morgan fingerprint density at radius 1 is 1.25 bits per heavy atom. The van der Waals surface area contributed by atoms with Crippen molar-refractivity contribution in [2.75, 3.05) is 5.32 Å². The second-order valence-electron chi connectivity index (χ2n) is 4.78. The van der Waals surface area contributed by atoms with Gasteiger partial charge in [-0.1, -0.05) is 15.9 Å². The molecule has 3 N–H and O–H groups in total. The molecule has 0 aliphatic rings. The van der Waals surface area contributed by atoms with E-state index in [1.807, 2.05) is 55.6 Å². The molecule has 1 heterocycles. The molecular formula is C15H18BrN2O2+. The zero-order chi connectivity index (χ0) is 14.5. The maximum Gasteiger partial charge on any atom is 0.282 e. The Morgan fingerprint density at radius 3 is 2.55 bits per heavy atom. The molecule has 2 atom stereocenters. The summed E-state index contributed by atoms with van der Waals surface area (Å²) in [6.45, 7) is 3.90. The zero-order valence-corrected chi connectivity index (χ0v) is 13.1. The number of nitrogens with one attached hydrogen (secondary N) is 1. The molecule has 0 fully saturated rings. The first-order chi connectivity index (χ1) is 9.56. The first kappa shape index (κ1) is 14.8. The molecule has 1 aromatic carbocycles. The van der Waals surface area contributed by atoms with Gasteiger partial charge in [0, 0.05) is 10.2 Å². The van der Waals surface area contributed by atoms with Crippen LogP contribution in [0.5, 0.6) is 0 Å². The van der Waals surface area contributed by atoms with Crippen LogP contribution in [0.25, 0.3) is 0 Å². The first-order valence-corrected chi connectivity index (χ1v) is 7.30. The fourth-order valence-corrected chi connectivity index (χ4v) is 2.22. The molecule has 2 rings (SSSR count). The lowest BCUT2D eigenvalue weighted by molar-refractivity contribution is -0.711. The highest BCUT2D eigenvalue weighted by Crippen LogP contribution is 2.14. The number of anilines is 1. The summed E-state index contributed by atoms with van der Waals surface area (Å²) in [5.74, 6) is 0.846. The number of nitrogens with two attached hydrogens (primary N) is 1. The van der Waals surface area contributed by atoms with Crippen LogP contribution >= 0.6 is 15.9 Å². The second kappa shape index (κ2) is 6.72. The molecule has 4 nitrogen and oxygen atoms in total. The number of hydrogen-bond acceptors (Lipinski definition) is 2. The van der Waals surface area contributed by atoms with Crippen LogP contribution in [0.1, 0.15) is 25.6 Å². The number of benzene rings is 1. The van der Waals surface area contributed by atoms with E-state index in [-0.39, 0.29) is 18.0 Å². The normalized spacial score (nSPS) is 13.8. The first-order valence-electron chi connectivity index (χ1n) is 6.51. The van der Waals surface area contributed by atoms with Gasteiger partial charge in [0.2, 0.25) is 0 Å². The largest absolute Gasteiger partial charge is 0.463 e. The maximum absolute atomic E-state index is 12.1. The van der Waals surface area contributed by atoms with E-state index in [0.717, 1.165) is 15.9 Å². The van der Waals surface area contributed by atoms with Crippen LogP contribution in [-0.2, 0) is 4.79 Å². The van der Waals surface area contributed by atoms with Gasteiger partial charge in [-0.3, -0.25) is 4.79 Å². The predicted octanol–water partition coefficient (Wildman–Crippen LogP) is 2.69. The van der Waals surface area contributed by atoms with E-state index in [2.05, 4.69) is 21.2 Å². The summed E-state index contributed by atoms with van der Waals surface area (Å²) < 4.78 is 6.33. The lowest BCUT2D eigenvalue weighted by Crippen LogP contribution is -2.91. The zero-order valence-electron chi connectivity index (χ0n) is 11.5. The predicted molar refractivity (Wildman–Crippen MR) is 81.3 cm³/mol. The highest BCUT2D eigenvalue weighted by Gasteiger charge is 2.21. The minimum Gasteiger partial charge on any atom is -0.463 e. The smallest absolute Gasteiger partial charge is 0.282 e. The van der Waals surface area contributed by atoms with Crippen LogP contribution in [0.3, 0.4) is 0 Å². The summed E-state index contributed by atoms with van der Waals surface area (Å²) in [6.07, 6.45) is 1.65. The summed E-state index contributed by atoms with van der Waals surface area (Å²) in [7, 11) is 0. The molecule has 5 heteroatoms. The van der Waals surface area contributed by atoms with Gasteiger partial charge in [-0.2, -0.15) is 0 Å². The van der Waals surface area contributed by atoms with Crippen molar-refractivity contribution in [3.63, 3.8) is 0 Å². The van der Waals surface area contributed by atoms with Crippen molar-refractivity contribution in [2.45, 2.75) is 25.9 Å². The van der Waals surface area contributed by atoms with Crippen LogP contribution in [0.2, 0.25) is 0 Å². The molecule has 1 aromatic heterocycles. The number of hydrogen-bond donors (Lipinski definition) is 2. The standard InChI is InChI=1S/C15H17BrN2O2/c1-10(14-4-3-9-20-14)17-11(2)15(19)18-13-7-5-12(16)6-8-13/h3-11,17H,1-2H3,(H,18,19)/p+1/t10-,11-/m0/s1. The summed E-state index contributed by atoms with van der Waals surface area (Å²) in [5.41, 5.74) is 0.795. The number of rotatable bonds is 5. The monoisotopic (exact) mass is 337 g/mol. The van der Waals surface area contributed by atoms with Gasteiger partial charge in [0.05, 0.1) is 6.26 Å². The van der Waals surface area contributed by atoms with E-state index in [9.17, 15) is 4.79 Å². The number of carbonyl (C=O) groups is 1. The molecule has 106 valence electrons. The average molecular weight is 338 g/mol. The molecule has 2 aromatic rings. The van der Waals surface area contributed by atoms with Gasteiger partial charge in [0.25, 0.3) is 5.91 Å². The Labute approximate surface area is 126 Å². The molecule has 20 heavy (non-hydrogen) atoms. The molecule has 0 unspecified atom stereocenters. The van der Waals surface area contributed by atoms with Crippen molar-refractivity contribution in [2.24, 2.45) is 0 Å². The van der Waals surface area contributed by atoms with Crippen LogP contribution in [0, 0.1) is 0 Å². The Bertz CT molecular complexity index is 552.